The number of amides is 1. The lowest BCUT2D eigenvalue weighted by Gasteiger charge is -2.29. The third-order valence-corrected chi connectivity index (χ3v) is 5.00. The molecule has 0 spiro atoms. The van der Waals surface area contributed by atoms with Crippen LogP contribution in [-0.2, 0) is 0 Å². The number of hydrogen-bond donors (Lipinski definition) is 2. The number of nitrogens with one attached hydrogen (secondary N) is 2. The van der Waals surface area contributed by atoms with Gasteiger partial charge in [-0.15, -0.1) is 0 Å². The quantitative estimate of drug-likeness (QED) is 0.835. The van der Waals surface area contributed by atoms with E-state index < -0.39 is 0 Å². The first-order chi connectivity index (χ1) is 9.20. The zero-order chi connectivity index (χ0) is 13.7. The number of aromatic amines is 1. The van der Waals surface area contributed by atoms with E-state index in [1.807, 2.05) is 11.8 Å². The molecule has 0 aromatic carbocycles. The second-order valence-electron chi connectivity index (χ2n) is 4.83. The summed E-state index contributed by atoms with van der Waals surface area (Å²) in [6.07, 6.45) is 6.37. The fourth-order valence-electron chi connectivity index (χ4n) is 2.53. The first-order valence-electron chi connectivity index (χ1n) is 6.81. The fraction of sp³-hybridized carbons (Fsp3) is 0.571. The van der Waals surface area contributed by atoms with E-state index >= 15 is 0 Å². The Kier molecular flexibility index (Phi) is 5.45. The van der Waals surface area contributed by atoms with Crippen LogP contribution in [0.5, 0.6) is 0 Å². The number of rotatable bonds is 4. The predicted octanol–water partition coefficient (Wildman–Crippen LogP) is 3.54. The van der Waals surface area contributed by atoms with Crippen molar-refractivity contribution in [1.29, 1.82) is 0 Å². The van der Waals surface area contributed by atoms with Crippen molar-refractivity contribution in [2.45, 2.75) is 43.9 Å². The van der Waals surface area contributed by atoms with Gasteiger partial charge in [-0.3, -0.25) is 4.79 Å². The summed E-state index contributed by atoms with van der Waals surface area (Å²) in [7, 11) is 0. The van der Waals surface area contributed by atoms with Gasteiger partial charge in [0.2, 0.25) is 0 Å². The lowest BCUT2D eigenvalue weighted by atomic mass is 9.95. The van der Waals surface area contributed by atoms with Gasteiger partial charge in [-0.2, -0.15) is 11.8 Å². The Hall–Kier alpha value is -0.810. The number of carbonyl (C=O) groups excluding carboxylic acids is 1. The van der Waals surface area contributed by atoms with Crippen LogP contribution in [0.3, 0.4) is 0 Å². The normalized spacial score (nSPS) is 23.0. The number of hydrogen-bond acceptors (Lipinski definition) is 3. The molecule has 104 valence electrons. The minimum Gasteiger partial charge on any atom is -0.352 e. The molecule has 0 aliphatic heterocycles. The Morgan fingerprint density at radius 3 is 3.16 bits per heavy atom. The highest BCUT2D eigenvalue weighted by Gasteiger charge is 2.23. The summed E-state index contributed by atoms with van der Waals surface area (Å²) in [6.45, 7) is 2.19. The molecule has 5 heteroatoms. The largest absolute Gasteiger partial charge is 0.352 e. The number of aromatic nitrogens is 1. The Labute approximate surface area is 123 Å². The SMILES string of the molecule is CCS[C@H]1CCC[C@@H](NC(=O)c2ccc[nH]c2=S)C1. The van der Waals surface area contributed by atoms with E-state index in [4.69, 9.17) is 12.2 Å². The highest BCUT2D eigenvalue weighted by Crippen LogP contribution is 2.28. The summed E-state index contributed by atoms with van der Waals surface area (Å²) in [4.78, 5) is 15.1. The van der Waals surface area contributed by atoms with Crippen molar-refractivity contribution >= 4 is 29.9 Å². The molecule has 0 saturated heterocycles. The third kappa shape index (κ3) is 4.08. The third-order valence-electron chi connectivity index (χ3n) is 3.43. The van der Waals surface area contributed by atoms with Crippen molar-refractivity contribution in [1.82, 2.24) is 10.3 Å². The Morgan fingerprint density at radius 1 is 1.58 bits per heavy atom. The molecule has 1 heterocycles. The van der Waals surface area contributed by atoms with E-state index in [0.29, 0.717) is 21.5 Å². The summed E-state index contributed by atoms with van der Waals surface area (Å²) in [5.74, 6) is 1.10. The molecule has 2 atom stereocenters. The standard InChI is InChI=1S/C14H20N2OS2/c1-2-19-11-6-3-5-10(9-11)16-13(17)12-7-4-8-15-14(12)18/h4,7-8,10-11H,2-3,5-6,9H2,1H3,(H,15,18)(H,16,17)/t10-,11+/m1/s1. The second-order valence-corrected chi connectivity index (χ2v) is 6.81. The van der Waals surface area contributed by atoms with Crippen LogP contribution in [0, 0.1) is 4.64 Å². The molecule has 1 amide bonds. The zero-order valence-corrected chi connectivity index (χ0v) is 12.8. The van der Waals surface area contributed by atoms with Crippen LogP contribution >= 0.6 is 24.0 Å². The minimum atomic E-state index is -0.0472. The van der Waals surface area contributed by atoms with Gasteiger partial charge in [0.15, 0.2) is 0 Å². The van der Waals surface area contributed by atoms with Crippen LogP contribution in [0.25, 0.3) is 0 Å². The van der Waals surface area contributed by atoms with Gasteiger partial charge in [-0.25, -0.2) is 0 Å². The molecule has 1 aromatic heterocycles. The number of thioether (sulfide) groups is 1. The molecule has 1 saturated carbocycles. The van der Waals surface area contributed by atoms with Gasteiger partial charge in [0.05, 0.1) is 5.56 Å². The van der Waals surface area contributed by atoms with Crippen LogP contribution in [-0.4, -0.2) is 27.9 Å². The summed E-state index contributed by atoms with van der Waals surface area (Å²) in [5.41, 5.74) is 0.572. The van der Waals surface area contributed by atoms with E-state index in [-0.39, 0.29) is 5.91 Å². The molecule has 1 aromatic rings. The van der Waals surface area contributed by atoms with Crippen molar-refractivity contribution in [3.05, 3.63) is 28.5 Å². The maximum Gasteiger partial charge on any atom is 0.254 e. The van der Waals surface area contributed by atoms with Gasteiger partial charge >= 0.3 is 0 Å². The van der Waals surface area contributed by atoms with E-state index in [1.54, 1.807) is 18.3 Å². The molecule has 0 unspecified atom stereocenters. The molecule has 2 rings (SSSR count). The molecule has 3 nitrogen and oxygen atoms in total. The average Bonchev–Trinajstić information content (AvgIpc) is 2.40. The number of carbonyl (C=O) groups is 1. The maximum atomic E-state index is 12.2. The fourth-order valence-corrected chi connectivity index (χ4v) is 3.93. The first kappa shape index (κ1) is 14.6. The lowest BCUT2D eigenvalue weighted by Crippen LogP contribution is -2.39. The molecule has 0 bridgehead atoms. The topological polar surface area (TPSA) is 44.9 Å². The van der Waals surface area contributed by atoms with Gasteiger partial charge in [0, 0.05) is 17.5 Å². The molecular formula is C14H20N2OS2. The van der Waals surface area contributed by atoms with Crippen molar-refractivity contribution in [3.8, 4) is 0 Å². The van der Waals surface area contributed by atoms with Gasteiger partial charge in [0.25, 0.3) is 5.91 Å². The van der Waals surface area contributed by atoms with E-state index in [9.17, 15) is 4.79 Å². The summed E-state index contributed by atoms with van der Waals surface area (Å²) >= 11 is 7.14. The molecule has 19 heavy (non-hydrogen) atoms. The van der Waals surface area contributed by atoms with E-state index in [1.165, 1.54) is 12.8 Å². The average molecular weight is 296 g/mol. The molecule has 0 radical (unpaired) electrons. The highest BCUT2D eigenvalue weighted by molar-refractivity contribution is 7.99. The monoisotopic (exact) mass is 296 g/mol. The number of H-pyrrole nitrogens is 1. The van der Waals surface area contributed by atoms with E-state index in [0.717, 1.165) is 18.6 Å². The van der Waals surface area contributed by atoms with Gasteiger partial charge in [-0.1, -0.05) is 25.6 Å². The van der Waals surface area contributed by atoms with Gasteiger partial charge < -0.3 is 10.3 Å². The second kappa shape index (κ2) is 7.10. The van der Waals surface area contributed by atoms with Crippen molar-refractivity contribution in [2.24, 2.45) is 0 Å². The minimum absolute atomic E-state index is 0.0472. The molecule has 1 aliphatic rings. The maximum absolute atomic E-state index is 12.2. The Morgan fingerprint density at radius 2 is 2.42 bits per heavy atom. The van der Waals surface area contributed by atoms with Crippen LogP contribution in [0.2, 0.25) is 0 Å². The van der Waals surface area contributed by atoms with Gasteiger partial charge in [-0.05, 0) is 37.1 Å². The summed E-state index contributed by atoms with van der Waals surface area (Å²) in [5, 5.41) is 3.81. The first-order valence-corrected chi connectivity index (χ1v) is 8.26. The van der Waals surface area contributed by atoms with Gasteiger partial charge in [0.1, 0.15) is 4.64 Å². The summed E-state index contributed by atoms with van der Waals surface area (Å²) in [6, 6.07) is 3.87. The van der Waals surface area contributed by atoms with Crippen molar-refractivity contribution < 1.29 is 4.79 Å². The molecule has 2 N–H and O–H groups in total. The van der Waals surface area contributed by atoms with E-state index in [2.05, 4.69) is 17.2 Å². The molecular weight excluding hydrogens is 276 g/mol. The van der Waals surface area contributed by atoms with Crippen LogP contribution < -0.4 is 5.32 Å². The van der Waals surface area contributed by atoms with Crippen LogP contribution in [0.4, 0.5) is 0 Å². The van der Waals surface area contributed by atoms with Crippen molar-refractivity contribution in [2.75, 3.05) is 5.75 Å². The Balaban J connectivity index is 1.95. The summed E-state index contributed by atoms with van der Waals surface area (Å²) < 4.78 is 0.510. The van der Waals surface area contributed by atoms with Crippen molar-refractivity contribution in [3.63, 3.8) is 0 Å². The smallest absolute Gasteiger partial charge is 0.254 e. The molecule has 1 fully saturated rings. The zero-order valence-electron chi connectivity index (χ0n) is 11.1. The lowest BCUT2D eigenvalue weighted by molar-refractivity contribution is 0.0927. The Bertz CT molecular complexity index is 484. The predicted molar refractivity (Wildman–Crippen MR) is 83.3 cm³/mol. The number of pyridine rings is 1. The van der Waals surface area contributed by atoms with Crippen LogP contribution in [0.1, 0.15) is 43.0 Å². The highest BCUT2D eigenvalue weighted by atomic mass is 32.2. The molecule has 1 aliphatic carbocycles. The van der Waals surface area contributed by atoms with Crippen LogP contribution in [0.15, 0.2) is 18.3 Å².